The van der Waals surface area contributed by atoms with Crippen LogP contribution in [0.5, 0.6) is 0 Å². The van der Waals surface area contributed by atoms with Crippen LogP contribution in [0.15, 0.2) is 48.5 Å². The molecule has 0 spiro atoms. The summed E-state index contributed by atoms with van der Waals surface area (Å²) in [6.45, 7) is 6.28. The summed E-state index contributed by atoms with van der Waals surface area (Å²) in [5.74, 6) is -0.792. The predicted octanol–water partition coefficient (Wildman–Crippen LogP) is 2.93. The van der Waals surface area contributed by atoms with E-state index in [4.69, 9.17) is 11.6 Å². The molecule has 0 aromatic heterocycles. The van der Waals surface area contributed by atoms with Crippen LogP contribution < -0.4 is 15.5 Å². The van der Waals surface area contributed by atoms with E-state index in [1.807, 2.05) is 12.1 Å². The van der Waals surface area contributed by atoms with Crippen LogP contribution in [0.25, 0.3) is 0 Å². The second kappa shape index (κ2) is 11.1. The lowest BCUT2D eigenvalue weighted by molar-refractivity contribution is -0.122. The molecule has 31 heavy (non-hydrogen) atoms. The summed E-state index contributed by atoms with van der Waals surface area (Å²) >= 11 is 6.02. The first-order chi connectivity index (χ1) is 15.0. The SMILES string of the molecule is CC(NC(=O)c1ccccc1Cl)C(=O)NCCCN1CCN(c2ccccc2F)CC1. The number of carbonyl (C=O) groups excluding carboxylic acids is 2. The zero-order chi connectivity index (χ0) is 22.2. The molecule has 1 saturated heterocycles. The standard InChI is InChI=1S/C23H28ClFN4O2/c1-17(27-23(31)18-7-2-3-8-19(18)24)22(30)26-11-6-12-28-13-15-29(16-14-28)21-10-5-4-9-20(21)25/h2-5,7-10,17H,6,11-16H2,1H3,(H,26,30)(H,27,31). The van der Waals surface area contributed by atoms with E-state index in [9.17, 15) is 14.0 Å². The molecule has 2 aromatic rings. The average Bonchev–Trinajstić information content (AvgIpc) is 2.77. The Hall–Kier alpha value is -2.64. The number of para-hydroxylation sites is 1. The van der Waals surface area contributed by atoms with Crippen LogP contribution in [0.4, 0.5) is 10.1 Å². The van der Waals surface area contributed by atoms with Crippen molar-refractivity contribution >= 4 is 29.1 Å². The first-order valence-corrected chi connectivity index (χ1v) is 10.9. The van der Waals surface area contributed by atoms with Crippen molar-refractivity contribution < 1.29 is 14.0 Å². The molecule has 6 nitrogen and oxygen atoms in total. The van der Waals surface area contributed by atoms with Crippen LogP contribution in [0.1, 0.15) is 23.7 Å². The van der Waals surface area contributed by atoms with Crippen LogP contribution in [0, 0.1) is 5.82 Å². The van der Waals surface area contributed by atoms with Crippen molar-refractivity contribution in [3.8, 4) is 0 Å². The van der Waals surface area contributed by atoms with E-state index in [2.05, 4.69) is 20.4 Å². The van der Waals surface area contributed by atoms with Gasteiger partial charge in [-0.3, -0.25) is 14.5 Å². The van der Waals surface area contributed by atoms with Gasteiger partial charge in [0.2, 0.25) is 5.91 Å². The minimum absolute atomic E-state index is 0.186. The molecule has 0 radical (unpaired) electrons. The van der Waals surface area contributed by atoms with Gasteiger partial charge in [0.15, 0.2) is 0 Å². The Morgan fingerprint density at radius 2 is 1.74 bits per heavy atom. The van der Waals surface area contributed by atoms with E-state index in [-0.39, 0.29) is 17.6 Å². The summed E-state index contributed by atoms with van der Waals surface area (Å²) in [4.78, 5) is 28.9. The second-order valence-electron chi connectivity index (χ2n) is 7.60. The summed E-state index contributed by atoms with van der Waals surface area (Å²) in [6.07, 6.45) is 0.802. The number of piperazine rings is 1. The molecule has 1 aliphatic heterocycles. The van der Waals surface area contributed by atoms with Gasteiger partial charge in [-0.25, -0.2) is 4.39 Å². The number of carbonyl (C=O) groups is 2. The molecule has 0 bridgehead atoms. The average molecular weight is 447 g/mol. The van der Waals surface area contributed by atoms with Gasteiger partial charge in [0.25, 0.3) is 5.91 Å². The Kier molecular flexibility index (Phi) is 8.26. The third-order valence-electron chi connectivity index (χ3n) is 5.38. The molecule has 166 valence electrons. The van der Waals surface area contributed by atoms with E-state index in [0.29, 0.717) is 22.8 Å². The fraction of sp³-hybridized carbons (Fsp3) is 0.391. The molecule has 0 saturated carbocycles. The Morgan fingerprint density at radius 1 is 1.06 bits per heavy atom. The number of benzene rings is 2. The monoisotopic (exact) mass is 446 g/mol. The van der Waals surface area contributed by atoms with Crippen LogP contribution >= 0.6 is 11.6 Å². The van der Waals surface area contributed by atoms with Crippen LogP contribution in [-0.2, 0) is 4.79 Å². The van der Waals surface area contributed by atoms with Crippen molar-refractivity contribution in [2.24, 2.45) is 0 Å². The number of rotatable bonds is 8. The lowest BCUT2D eigenvalue weighted by atomic mass is 10.2. The van der Waals surface area contributed by atoms with Crippen molar-refractivity contribution in [2.75, 3.05) is 44.2 Å². The van der Waals surface area contributed by atoms with Gasteiger partial charge in [0, 0.05) is 32.7 Å². The zero-order valence-corrected chi connectivity index (χ0v) is 18.4. The highest BCUT2D eigenvalue weighted by atomic mass is 35.5. The summed E-state index contributed by atoms with van der Waals surface area (Å²) in [5.41, 5.74) is 1.00. The number of halogens is 2. The quantitative estimate of drug-likeness (QED) is 0.612. The number of amides is 2. The van der Waals surface area contributed by atoms with Crippen molar-refractivity contribution in [3.05, 3.63) is 64.9 Å². The molecule has 1 heterocycles. The highest BCUT2D eigenvalue weighted by molar-refractivity contribution is 6.33. The Morgan fingerprint density at radius 3 is 2.45 bits per heavy atom. The first-order valence-electron chi connectivity index (χ1n) is 10.5. The summed E-state index contributed by atoms with van der Waals surface area (Å²) in [5, 5.41) is 5.88. The van der Waals surface area contributed by atoms with Crippen LogP contribution in [0.2, 0.25) is 5.02 Å². The molecule has 1 atom stereocenters. The normalized spacial score (nSPS) is 15.4. The molecular weight excluding hydrogens is 419 g/mol. The molecule has 1 fully saturated rings. The highest BCUT2D eigenvalue weighted by Crippen LogP contribution is 2.20. The maximum Gasteiger partial charge on any atom is 0.253 e. The fourth-order valence-electron chi connectivity index (χ4n) is 3.57. The minimum atomic E-state index is -0.659. The number of nitrogens with zero attached hydrogens (tertiary/aromatic N) is 2. The maximum absolute atomic E-state index is 13.9. The summed E-state index contributed by atoms with van der Waals surface area (Å²) in [6, 6.07) is 12.9. The largest absolute Gasteiger partial charge is 0.367 e. The Bertz CT molecular complexity index is 903. The molecule has 1 aliphatic rings. The highest BCUT2D eigenvalue weighted by Gasteiger charge is 2.20. The summed E-state index contributed by atoms with van der Waals surface area (Å²) < 4.78 is 13.9. The zero-order valence-electron chi connectivity index (χ0n) is 17.6. The molecule has 0 aliphatic carbocycles. The number of nitrogens with one attached hydrogen (secondary N) is 2. The number of anilines is 1. The third kappa shape index (κ3) is 6.42. The molecular formula is C23H28ClFN4O2. The molecule has 2 aromatic carbocycles. The lowest BCUT2D eigenvalue weighted by Gasteiger charge is -2.36. The first kappa shape index (κ1) is 23.0. The van der Waals surface area contributed by atoms with Gasteiger partial charge in [-0.2, -0.15) is 0 Å². The number of hydrogen-bond acceptors (Lipinski definition) is 4. The van der Waals surface area contributed by atoms with Crippen LogP contribution in [0.3, 0.4) is 0 Å². The minimum Gasteiger partial charge on any atom is -0.367 e. The van der Waals surface area contributed by atoms with Gasteiger partial charge in [0.1, 0.15) is 11.9 Å². The lowest BCUT2D eigenvalue weighted by Crippen LogP contribution is -2.48. The van der Waals surface area contributed by atoms with Gasteiger partial charge < -0.3 is 15.5 Å². The fourth-order valence-corrected chi connectivity index (χ4v) is 3.79. The van der Waals surface area contributed by atoms with Gasteiger partial charge in [-0.05, 0) is 44.2 Å². The van der Waals surface area contributed by atoms with Crippen molar-refractivity contribution in [1.29, 1.82) is 0 Å². The number of hydrogen-bond donors (Lipinski definition) is 2. The van der Waals surface area contributed by atoms with E-state index in [0.717, 1.165) is 39.1 Å². The van der Waals surface area contributed by atoms with Crippen molar-refractivity contribution in [2.45, 2.75) is 19.4 Å². The predicted molar refractivity (Wildman–Crippen MR) is 121 cm³/mol. The van der Waals surface area contributed by atoms with Gasteiger partial charge in [-0.15, -0.1) is 0 Å². The molecule has 3 rings (SSSR count). The Balaban J connectivity index is 1.33. The smallest absolute Gasteiger partial charge is 0.253 e. The molecule has 2 amide bonds. The van der Waals surface area contributed by atoms with Gasteiger partial charge in [0.05, 0.1) is 16.3 Å². The molecule has 2 N–H and O–H groups in total. The van der Waals surface area contributed by atoms with Gasteiger partial charge in [-0.1, -0.05) is 35.9 Å². The van der Waals surface area contributed by atoms with Crippen molar-refractivity contribution in [3.63, 3.8) is 0 Å². The second-order valence-corrected chi connectivity index (χ2v) is 8.01. The topological polar surface area (TPSA) is 64.7 Å². The van der Waals surface area contributed by atoms with E-state index in [1.165, 1.54) is 6.07 Å². The maximum atomic E-state index is 13.9. The molecule has 8 heteroatoms. The Labute approximate surface area is 187 Å². The van der Waals surface area contributed by atoms with E-state index in [1.54, 1.807) is 37.3 Å². The molecule has 1 unspecified atom stereocenters. The van der Waals surface area contributed by atoms with Crippen molar-refractivity contribution in [1.82, 2.24) is 15.5 Å². The summed E-state index contributed by atoms with van der Waals surface area (Å²) in [7, 11) is 0. The van der Waals surface area contributed by atoms with E-state index >= 15 is 0 Å². The van der Waals surface area contributed by atoms with E-state index < -0.39 is 6.04 Å². The van der Waals surface area contributed by atoms with Crippen LogP contribution in [-0.4, -0.2) is 62.0 Å². The third-order valence-corrected chi connectivity index (χ3v) is 5.70. The van der Waals surface area contributed by atoms with Gasteiger partial charge >= 0.3 is 0 Å².